The Morgan fingerprint density at radius 2 is 2.04 bits per heavy atom. The minimum Gasteiger partial charge on any atom is -0.479 e. The van der Waals surface area contributed by atoms with Gasteiger partial charge >= 0.3 is 5.97 Å². The van der Waals surface area contributed by atoms with Crippen LogP contribution in [-0.4, -0.2) is 86.0 Å². The number of hydrogen-bond donors (Lipinski definition) is 4. The van der Waals surface area contributed by atoms with Crippen molar-refractivity contribution in [1.82, 2.24) is 9.88 Å². The number of amides is 1. The molecule has 10 nitrogen and oxygen atoms in total. The molecule has 3 heterocycles. The van der Waals surface area contributed by atoms with Crippen molar-refractivity contribution >= 4 is 11.9 Å². The van der Waals surface area contributed by atoms with Crippen LogP contribution >= 0.6 is 0 Å². The summed E-state index contributed by atoms with van der Waals surface area (Å²) in [5.74, 6) is -1.89. The van der Waals surface area contributed by atoms with E-state index in [0.29, 0.717) is 0 Å². The molecule has 1 aromatic rings. The van der Waals surface area contributed by atoms with Gasteiger partial charge in [0.25, 0.3) is 5.91 Å². The molecular weight excluding hydrogens is 348 g/mol. The van der Waals surface area contributed by atoms with Crippen molar-refractivity contribution in [2.24, 2.45) is 0 Å². The monoisotopic (exact) mass is 368 g/mol. The number of carboxylic acid groups (broad SMARTS) is 1. The first-order chi connectivity index (χ1) is 12.3. The van der Waals surface area contributed by atoms with E-state index in [0.717, 1.165) is 5.56 Å². The SMILES string of the molecule is CN1C(=O)[C@H](OC2OC(C(=O)O)C(O)C(O)C2O)C[C@H]1c1cccnc1. The highest BCUT2D eigenvalue weighted by atomic mass is 16.7. The molecule has 5 unspecified atom stereocenters. The van der Waals surface area contributed by atoms with Crippen LogP contribution in [0.15, 0.2) is 24.5 Å². The second-order valence-electron chi connectivity index (χ2n) is 6.35. The Morgan fingerprint density at radius 1 is 1.31 bits per heavy atom. The Morgan fingerprint density at radius 3 is 2.65 bits per heavy atom. The fourth-order valence-corrected chi connectivity index (χ4v) is 3.22. The van der Waals surface area contributed by atoms with Crippen molar-refractivity contribution in [2.45, 2.75) is 49.3 Å². The number of aliphatic hydroxyl groups excluding tert-OH is 3. The van der Waals surface area contributed by atoms with Gasteiger partial charge in [-0.3, -0.25) is 9.78 Å². The topological polar surface area (TPSA) is 150 Å². The zero-order valence-electron chi connectivity index (χ0n) is 13.9. The number of aromatic nitrogens is 1. The Bertz CT molecular complexity index is 671. The molecule has 4 N–H and O–H groups in total. The number of likely N-dealkylation sites (tertiary alicyclic amines) is 1. The van der Waals surface area contributed by atoms with Gasteiger partial charge in [0.1, 0.15) is 24.4 Å². The standard InChI is InChI=1S/C16H20N2O8/c1-18-8(7-3-2-4-17-6-7)5-9(14(18)22)25-16-12(21)10(19)11(20)13(26-16)15(23)24/h2-4,6,8-13,16,19-21H,5H2,1H3,(H,23,24)/t8-,9+,10?,11?,12?,13?,16?/m0/s1. The van der Waals surface area contributed by atoms with Crippen molar-refractivity contribution in [3.63, 3.8) is 0 Å². The van der Waals surface area contributed by atoms with E-state index in [1.54, 1.807) is 25.5 Å². The number of ether oxygens (including phenoxy) is 2. The fourth-order valence-electron chi connectivity index (χ4n) is 3.22. The van der Waals surface area contributed by atoms with E-state index in [4.69, 9.17) is 14.6 Å². The van der Waals surface area contributed by atoms with Crippen molar-refractivity contribution in [2.75, 3.05) is 7.05 Å². The summed E-state index contributed by atoms with van der Waals surface area (Å²) >= 11 is 0. The third kappa shape index (κ3) is 3.29. The molecule has 0 bridgehead atoms. The largest absolute Gasteiger partial charge is 0.479 e. The van der Waals surface area contributed by atoms with Crippen LogP contribution in [0, 0.1) is 0 Å². The molecule has 0 aromatic carbocycles. The predicted molar refractivity (Wildman–Crippen MR) is 83.6 cm³/mol. The van der Waals surface area contributed by atoms with Crippen LogP contribution < -0.4 is 0 Å². The minimum atomic E-state index is -1.81. The molecule has 2 aliphatic heterocycles. The minimum absolute atomic E-state index is 0.240. The van der Waals surface area contributed by atoms with Crippen LogP contribution in [0.3, 0.4) is 0 Å². The molecule has 2 fully saturated rings. The number of pyridine rings is 1. The molecule has 7 atom stereocenters. The smallest absolute Gasteiger partial charge is 0.335 e. The number of hydrogen-bond acceptors (Lipinski definition) is 8. The molecule has 0 aliphatic carbocycles. The maximum absolute atomic E-state index is 12.4. The van der Waals surface area contributed by atoms with Gasteiger partial charge in [-0.25, -0.2) is 4.79 Å². The predicted octanol–water partition coefficient (Wildman–Crippen LogP) is -1.74. The number of aliphatic hydroxyl groups is 3. The zero-order valence-corrected chi connectivity index (χ0v) is 13.9. The average Bonchev–Trinajstić information content (AvgIpc) is 2.91. The molecule has 26 heavy (non-hydrogen) atoms. The first-order valence-electron chi connectivity index (χ1n) is 8.05. The molecule has 1 amide bonds. The summed E-state index contributed by atoms with van der Waals surface area (Å²) in [5.41, 5.74) is 0.804. The van der Waals surface area contributed by atoms with Crippen LogP contribution in [-0.2, 0) is 19.1 Å². The third-order valence-electron chi connectivity index (χ3n) is 4.71. The second kappa shape index (κ2) is 7.25. The van der Waals surface area contributed by atoms with Crippen LogP contribution in [0.4, 0.5) is 0 Å². The molecule has 2 aliphatic rings. The fraction of sp³-hybridized carbons (Fsp3) is 0.562. The summed E-state index contributed by atoms with van der Waals surface area (Å²) in [6.07, 6.45) is -6.15. The van der Waals surface area contributed by atoms with E-state index in [2.05, 4.69) is 4.98 Å². The Hall–Kier alpha value is -2.11. The van der Waals surface area contributed by atoms with Crippen molar-refractivity contribution in [3.8, 4) is 0 Å². The third-order valence-corrected chi connectivity index (χ3v) is 4.71. The lowest BCUT2D eigenvalue weighted by Gasteiger charge is -2.39. The van der Waals surface area contributed by atoms with E-state index in [-0.39, 0.29) is 18.4 Å². The summed E-state index contributed by atoms with van der Waals surface area (Å²) in [6.45, 7) is 0. The zero-order chi connectivity index (χ0) is 19.0. The molecule has 0 radical (unpaired) electrons. The number of rotatable bonds is 4. The van der Waals surface area contributed by atoms with Crippen LogP contribution in [0.2, 0.25) is 0 Å². The van der Waals surface area contributed by atoms with Crippen molar-refractivity contribution < 1.29 is 39.5 Å². The summed E-state index contributed by atoms with van der Waals surface area (Å²) < 4.78 is 10.5. The Balaban J connectivity index is 1.73. The maximum Gasteiger partial charge on any atom is 0.335 e. The van der Waals surface area contributed by atoms with Crippen molar-refractivity contribution in [1.29, 1.82) is 0 Å². The highest BCUT2D eigenvalue weighted by molar-refractivity contribution is 5.83. The first kappa shape index (κ1) is 18.7. The number of carbonyl (C=O) groups is 2. The van der Waals surface area contributed by atoms with Gasteiger partial charge in [-0.15, -0.1) is 0 Å². The van der Waals surface area contributed by atoms with Crippen LogP contribution in [0.1, 0.15) is 18.0 Å². The number of nitrogens with zero attached hydrogens (tertiary/aromatic N) is 2. The lowest BCUT2D eigenvalue weighted by molar-refractivity contribution is -0.301. The van der Waals surface area contributed by atoms with Gasteiger partial charge in [-0.05, 0) is 11.6 Å². The highest BCUT2D eigenvalue weighted by Gasteiger charge is 2.50. The van der Waals surface area contributed by atoms with Gasteiger partial charge in [0, 0.05) is 25.9 Å². The normalized spacial score (nSPS) is 37.8. The van der Waals surface area contributed by atoms with Gasteiger partial charge in [0.05, 0.1) is 6.04 Å². The summed E-state index contributed by atoms with van der Waals surface area (Å²) in [4.78, 5) is 29.1. The molecule has 1 aromatic heterocycles. The van der Waals surface area contributed by atoms with E-state index >= 15 is 0 Å². The Kier molecular flexibility index (Phi) is 5.21. The highest BCUT2D eigenvalue weighted by Crippen LogP contribution is 2.34. The Labute approximate surface area is 148 Å². The van der Waals surface area contributed by atoms with E-state index in [9.17, 15) is 24.9 Å². The summed E-state index contributed by atoms with van der Waals surface area (Å²) in [7, 11) is 1.60. The van der Waals surface area contributed by atoms with E-state index < -0.39 is 42.8 Å². The van der Waals surface area contributed by atoms with Gasteiger partial charge in [0.2, 0.25) is 0 Å². The molecule has 2 saturated heterocycles. The van der Waals surface area contributed by atoms with Crippen LogP contribution in [0.5, 0.6) is 0 Å². The number of likely N-dealkylation sites (N-methyl/N-ethyl adjacent to an activating group) is 1. The molecule has 10 heteroatoms. The van der Waals surface area contributed by atoms with Gasteiger partial charge in [-0.1, -0.05) is 6.07 Å². The first-order valence-corrected chi connectivity index (χ1v) is 8.05. The second-order valence-corrected chi connectivity index (χ2v) is 6.35. The molecule has 3 rings (SSSR count). The number of aliphatic carboxylic acids is 1. The van der Waals surface area contributed by atoms with Gasteiger partial charge in [-0.2, -0.15) is 0 Å². The lowest BCUT2D eigenvalue weighted by atomic mass is 9.99. The number of carboxylic acids is 1. The average molecular weight is 368 g/mol. The van der Waals surface area contributed by atoms with Gasteiger partial charge in [0.15, 0.2) is 12.4 Å². The summed E-state index contributed by atoms with van der Waals surface area (Å²) in [5, 5.41) is 38.6. The van der Waals surface area contributed by atoms with Crippen LogP contribution in [0.25, 0.3) is 0 Å². The van der Waals surface area contributed by atoms with E-state index in [1.807, 2.05) is 6.07 Å². The molecule has 142 valence electrons. The quantitative estimate of drug-likeness (QED) is 0.486. The molecule has 0 spiro atoms. The molecule has 0 saturated carbocycles. The lowest BCUT2D eigenvalue weighted by Crippen LogP contribution is -2.61. The van der Waals surface area contributed by atoms with E-state index in [1.165, 1.54) is 4.90 Å². The molecular formula is C16H20N2O8. The van der Waals surface area contributed by atoms with Gasteiger partial charge < -0.3 is 34.8 Å². The van der Waals surface area contributed by atoms with Crippen molar-refractivity contribution in [3.05, 3.63) is 30.1 Å². The maximum atomic E-state index is 12.4. The summed E-state index contributed by atoms with van der Waals surface area (Å²) in [6, 6.07) is 3.26. The number of carbonyl (C=O) groups excluding carboxylic acids is 1.